The number of carbonyl (C=O) groups excluding carboxylic acids is 3. The van der Waals surface area contributed by atoms with Gasteiger partial charge in [-0.05, 0) is 12.0 Å². The SMILES string of the molecule is CC(=O)O[C@@H]1[C@H](C)[C@@H](COC(=O)[C@@H](N)C(C)C)O[C@H]1[n+]1cccc(C(N)=O)c1. The molecule has 0 spiro atoms. The molecule has 1 amide bonds. The van der Waals surface area contributed by atoms with Crippen LogP contribution in [-0.4, -0.2) is 42.7 Å². The quantitative estimate of drug-likeness (QED) is 0.493. The first kappa shape index (κ1) is 21.8. The fraction of sp³-hybridized carbons (Fsp3) is 0.579. The second-order valence-electron chi connectivity index (χ2n) is 7.30. The minimum absolute atomic E-state index is 0.0231. The molecule has 0 unspecified atom stereocenters. The molecule has 1 fully saturated rings. The van der Waals surface area contributed by atoms with Crippen molar-refractivity contribution in [1.82, 2.24) is 0 Å². The van der Waals surface area contributed by atoms with E-state index in [1.807, 2.05) is 20.8 Å². The summed E-state index contributed by atoms with van der Waals surface area (Å²) >= 11 is 0. The summed E-state index contributed by atoms with van der Waals surface area (Å²) in [6.07, 6.45) is 1.37. The summed E-state index contributed by atoms with van der Waals surface area (Å²) in [6, 6.07) is 2.50. The van der Waals surface area contributed by atoms with Gasteiger partial charge in [-0.3, -0.25) is 14.4 Å². The first-order valence-corrected chi connectivity index (χ1v) is 9.17. The lowest BCUT2D eigenvalue weighted by atomic mass is 10.0. The summed E-state index contributed by atoms with van der Waals surface area (Å²) in [4.78, 5) is 35.1. The highest BCUT2D eigenvalue weighted by Crippen LogP contribution is 2.33. The smallest absolute Gasteiger partial charge is 0.323 e. The highest BCUT2D eigenvalue weighted by molar-refractivity contribution is 5.92. The lowest BCUT2D eigenvalue weighted by Gasteiger charge is -2.19. The number of pyridine rings is 1. The zero-order chi connectivity index (χ0) is 21.0. The maximum Gasteiger partial charge on any atom is 0.323 e. The highest BCUT2D eigenvalue weighted by Gasteiger charge is 2.50. The minimum Gasteiger partial charge on any atom is -0.462 e. The highest BCUT2D eigenvalue weighted by atomic mass is 16.6. The Labute approximate surface area is 163 Å². The average molecular weight is 394 g/mol. The molecule has 0 aromatic carbocycles. The Morgan fingerprint density at radius 2 is 2.00 bits per heavy atom. The van der Waals surface area contributed by atoms with Crippen LogP contribution in [0.2, 0.25) is 0 Å². The molecule has 0 aliphatic carbocycles. The Morgan fingerprint density at radius 3 is 2.57 bits per heavy atom. The number of carbonyl (C=O) groups is 3. The van der Waals surface area contributed by atoms with Crippen LogP contribution in [0.4, 0.5) is 0 Å². The van der Waals surface area contributed by atoms with Gasteiger partial charge in [-0.1, -0.05) is 20.8 Å². The standard InChI is InChI=1S/C19H27N3O6/c1-10(2)15(20)19(25)26-9-14-11(3)16(27-12(4)23)18(28-14)22-7-5-6-13(8-22)17(21)24/h5-8,10-11,14-16,18H,9,20H2,1-4H3,(H-,21,24)/p+1/t11-,14-,15+,16-,18-/m1/s1. The van der Waals surface area contributed by atoms with Crippen molar-refractivity contribution in [3.8, 4) is 0 Å². The van der Waals surface area contributed by atoms with Crippen LogP contribution in [0.1, 0.15) is 44.3 Å². The zero-order valence-electron chi connectivity index (χ0n) is 16.5. The van der Waals surface area contributed by atoms with Crippen molar-refractivity contribution in [2.24, 2.45) is 23.3 Å². The van der Waals surface area contributed by atoms with Gasteiger partial charge in [0.1, 0.15) is 24.3 Å². The number of primary amides is 1. The molecule has 1 aliphatic rings. The van der Waals surface area contributed by atoms with E-state index in [9.17, 15) is 14.4 Å². The van der Waals surface area contributed by atoms with Crippen LogP contribution in [0.5, 0.6) is 0 Å². The molecular weight excluding hydrogens is 366 g/mol. The van der Waals surface area contributed by atoms with Gasteiger partial charge in [0.25, 0.3) is 5.91 Å². The van der Waals surface area contributed by atoms with E-state index >= 15 is 0 Å². The van der Waals surface area contributed by atoms with E-state index < -0.39 is 42.3 Å². The van der Waals surface area contributed by atoms with Crippen molar-refractivity contribution in [1.29, 1.82) is 0 Å². The molecule has 4 N–H and O–H groups in total. The van der Waals surface area contributed by atoms with E-state index in [2.05, 4.69) is 0 Å². The third-order valence-corrected chi connectivity index (χ3v) is 4.78. The lowest BCUT2D eigenvalue weighted by Crippen LogP contribution is -2.46. The van der Waals surface area contributed by atoms with Gasteiger partial charge in [0.2, 0.25) is 0 Å². The Morgan fingerprint density at radius 1 is 1.32 bits per heavy atom. The summed E-state index contributed by atoms with van der Waals surface area (Å²) in [5.74, 6) is -1.87. The van der Waals surface area contributed by atoms with Crippen molar-refractivity contribution in [3.05, 3.63) is 30.1 Å². The second-order valence-corrected chi connectivity index (χ2v) is 7.30. The van der Waals surface area contributed by atoms with Crippen molar-refractivity contribution in [3.63, 3.8) is 0 Å². The van der Waals surface area contributed by atoms with Crippen LogP contribution in [0.15, 0.2) is 24.5 Å². The van der Waals surface area contributed by atoms with Gasteiger partial charge in [0.05, 0.1) is 0 Å². The Hall–Kier alpha value is -2.52. The molecule has 9 heteroatoms. The molecule has 1 aliphatic heterocycles. The monoisotopic (exact) mass is 394 g/mol. The molecule has 0 radical (unpaired) electrons. The topological polar surface area (TPSA) is 135 Å². The molecule has 28 heavy (non-hydrogen) atoms. The maximum atomic E-state index is 12.0. The van der Waals surface area contributed by atoms with E-state index in [1.165, 1.54) is 13.1 Å². The van der Waals surface area contributed by atoms with Crippen molar-refractivity contribution < 1.29 is 33.2 Å². The van der Waals surface area contributed by atoms with Crippen molar-refractivity contribution in [2.45, 2.75) is 52.2 Å². The number of aromatic nitrogens is 1. The van der Waals surface area contributed by atoms with E-state index in [0.29, 0.717) is 0 Å². The van der Waals surface area contributed by atoms with Gasteiger partial charge in [-0.25, -0.2) is 0 Å². The summed E-state index contributed by atoms with van der Waals surface area (Å²) in [6.45, 7) is 6.78. The van der Waals surface area contributed by atoms with Gasteiger partial charge in [-0.15, -0.1) is 0 Å². The molecule has 5 atom stereocenters. The number of hydrogen-bond donors (Lipinski definition) is 2. The molecule has 9 nitrogen and oxygen atoms in total. The fourth-order valence-corrected chi connectivity index (χ4v) is 2.97. The summed E-state index contributed by atoms with van der Waals surface area (Å²) in [5.41, 5.74) is 11.4. The normalized spacial score (nSPS) is 25.4. The first-order chi connectivity index (χ1) is 13.1. The Balaban J connectivity index is 2.18. The molecule has 154 valence electrons. The van der Waals surface area contributed by atoms with Gasteiger partial charge in [-0.2, -0.15) is 4.57 Å². The van der Waals surface area contributed by atoms with E-state index in [-0.39, 0.29) is 24.0 Å². The largest absolute Gasteiger partial charge is 0.462 e. The van der Waals surface area contributed by atoms with Crippen molar-refractivity contribution in [2.75, 3.05) is 6.61 Å². The van der Waals surface area contributed by atoms with Crippen LogP contribution < -0.4 is 16.0 Å². The fourth-order valence-electron chi connectivity index (χ4n) is 2.97. The zero-order valence-corrected chi connectivity index (χ0v) is 16.5. The van der Waals surface area contributed by atoms with E-state index in [1.54, 1.807) is 22.9 Å². The maximum absolute atomic E-state index is 12.0. The van der Waals surface area contributed by atoms with Crippen molar-refractivity contribution >= 4 is 17.8 Å². The number of amides is 1. The lowest BCUT2D eigenvalue weighted by molar-refractivity contribution is -0.765. The van der Waals surface area contributed by atoms with Gasteiger partial charge < -0.3 is 25.7 Å². The average Bonchev–Trinajstić information content (AvgIpc) is 2.94. The summed E-state index contributed by atoms with van der Waals surface area (Å²) in [5, 5.41) is 0. The number of nitrogens with two attached hydrogens (primary N) is 2. The van der Waals surface area contributed by atoms with E-state index in [4.69, 9.17) is 25.7 Å². The molecule has 1 aromatic heterocycles. The molecule has 0 saturated carbocycles. The van der Waals surface area contributed by atoms with Gasteiger partial charge in [0, 0.05) is 18.9 Å². The van der Waals surface area contributed by atoms with Gasteiger partial charge in [0.15, 0.2) is 18.5 Å². The second kappa shape index (κ2) is 9.11. The number of esters is 2. The first-order valence-electron chi connectivity index (χ1n) is 9.17. The van der Waals surface area contributed by atoms with Crippen LogP contribution in [0.3, 0.4) is 0 Å². The molecule has 1 saturated heterocycles. The number of ether oxygens (including phenoxy) is 3. The van der Waals surface area contributed by atoms with Crippen LogP contribution >= 0.6 is 0 Å². The van der Waals surface area contributed by atoms with Crippen LogP contribution in [-0.2, 0) is 23.8 Å². The molecule has 0 bridgehead atoms. The molecule has 2 heterocycles. The minimum atomic E-state index is -0.724. The number of hydrogen-bond acceptors (Lipinski definition) is 7. The third kappa shape index (κ3) is 5.05. The number of nitrogens with zero attached hydrogens (tertiary/aromatic N) is 1. The Bertz CT molecular complexity index is 738. The number of rotatable bonds is 7. The van der Waals surface area contributed by atoms with Crippen LogP contribution in [0.25, 0.3) is 0 Å². The summed E-state index contributed by atoms with van der Waals surface area (Å²) in [7, 11) is 0. The Kier molecular flexibility index (Phi) is 7.09. The molecule has 2 rings (SSSR count). The van der Waals surface area contributed by atoms with E-state index in [0.717, 1.165) is 0 Å². The third-order valence-electron chi connectivity index (χ3n) is 4.78. The van der Waals surface area contributed by atoms with Crippen LogP contribution in [0, 0.1) is 11.8 Å². The predicted molar refractivity (Wildman–Crippen MR) is 97.6 cm³/mol. The van der Waals surface area contributed by atoms with Gasteiger partial charge >= 0.3 is 18.2 Å². The molecular formula is C19H28N3O6+. The predicted octanol–water partition coefficient (Wildman–Crippen LogP) is 0.0647. The summed E-state index contributed by atoms with van der Waals surface area (Å²) < 4.78 is 18.4. The molecule has 1 aromatic rings.